The third-order valence-electron chi connectivity index (χ3n) is 6.18. The quantitative estimate of drug-likeness (QED) is 0.351. The highest BCUT2D eigenvalue weighted by atomic mass is 19.4. The van der Waals surface area contributed by atoms with Crippen LogP contribution in [0.4, 0.5) is 24.7 Å². The van der Waals surface area contributed by atoms with E-state index in [1.165, 1.54) is 7.05 Å². The van der Waals surface area contributed by atoms with Crippen molar-refractivity contribution < 1.29 is 22.8 Å². The summed E-state index contributed by atoms with van der Waals surface area (Å²) in [5.74, 6) is -0.437. The van der Waals surface area contributed by atoms with E-state index in [1.807, 2.05) is 19.1 Å². The molecule has 1 saturated carbocycles. The minimum absolute atomic E-state index is 0.0374. The Morgan fingerprint density at radius 1 is 1.00 bits per heavy atom. The molecule has 1 aliphatic carbocycles. The zero-order chi connectivity index (χ0) is 27.0. The largest absolute Gasteiger partial charge is 0.435 e. The van der Waals surface area contributed by atoms with Gasteiger partial charge in [-0.25, -0.2) is 4.98 Å². The van der Waals surface area contributed by atoms with E-state index < -0.39 is 23.3 Å². The van der Waals surface area contributed by atoms with Gasteiger partial charge in [0.1, 0.15) is 5.82 Å². The molecule has 0 saturated heterocycles. The fraction of sp³-hybridized carbons (Fsp3) is 0.222. The average molecular weight is 521 g/mol. The first kappa shape index (κ1) is 25.1. The second kappa shape index (κ2) is 9.73. The summed E-state index contributed by atoms with van der Waals surface area (Å²) in [6.45, 7) is 1.88. The number of carbonyl (C=O) groups is 2. The Hall–Kier alpha value is -4.54. The van der Waals surface area contributed by atoms with Gasteiger partial charge in [0.25, 0.3) is 5.91 Å². The van der Waals surface area contributed by atoms with Gasteiger partial charge in [-0.15, -0.1) is 0 Å². The molecule has 194 valence electrons. The number of aryl methyl sites for hydroxylation is 2. The number of aromatic nitrogens is 4. The fourth-order valence-corrected chi connectivity index (χ4v) is 4.07. The predicted octanol–water partition coefficient (Wildman–Crippen LogP) is 5.47. The van der Waals surface area contributed by atoms with E-state index in [-0.39, 0.29) is 11.8 Å². The minimum Gasteiger partial charge on any atom is -0.322 e. The SMILES string of the molecule is Cc1ccc(NC(=O)c2cn(C)nc2C(F)(F)F)cc1-c1cncc(-c2ccnc(NC(=O)C3CC3)c2)c1. The van der Waals surface area contributed by atoms with Crippen LogP contribution in [0.3, 0.4) is 0 Å². The zero-order valence-electron chi connectivity index (χ0n) is 20.5. The predicted molar refractivity (Wildman–Crippen MR) is 135 cm³/mol. The minimum atomic E-state index is -4.76. The second-order valence-corrected chi connectivity index (χ2v) is 9.20. The topological polar surface area (TPSA) is 102 Å². The van der Waals surface area contributed by atoms with Crippen LogP contribution in [0.5, 0.6) is 0 Å². The molecular weight excluding hydrogens is 497 g/mol. The smallest absolute Gasteiger partial charge is 0.322 e. The van der Waals surface area contributed by atoms with Crippen LogP contribution in [-0.4, -0.2) is 31.6 Å². The molecule has 2 N–H and O–H groups in total. The number of carbonyl (C=O) groups excluding carboxylic acids is 2. The van der Waals surface area contributed by atoms with Crippen LogP contribution in [0, 0.1) is 12.8 Å². The normalized spacial score (nSPS) is 13.3. The standard InChI is InChI=1S/C27H23F3N6O2/c1-15-3-6-20(33-26(38)22-14-36(2)35-24(22)27(28,29)30)11-21(15)19-9-18(12-31-13-19)17-7-8-32-23(10-17)34-25(37)16-4-5-16/h3,6-14,16H,4-5H2,1-2H3,(H,33,38)(H,32,34,37). The summed E-state index contributed by atoms with van der Waals surface area (Å²) in [6, 6.07) is 10.6. The third kappa shape index (κ3) is 5.41. The first-order chi connectivity index (χ1) is 18.1. The van der Waals surface area contributed by atoms with Crippen molar-refractivity contribution in [3.63, 3.8) is 0 Å². The lowest BCUT2D eigenvalue weighted by Crippen LogP contribution is -2.17. The lowest BCUT2D eigenvalue weighted by atomic mass is 9.98. The van der Waals surface area contributed by atoms with Gasteiger partial charge in [-0.2, -0.15) is 18.3 Å². The monoisotopic (exact) mass is 520 g/mol. The van der Waals surface area contributed by atoms with E-state index >= 15 is 0 Å². The van der Waals surface area contributed by atoms with E-state index in [0.29, 0.717) is 11.5 Å². The van der Waals surface area contributed by atoms with Crippen LogP contribution in [-0.2, 0) is 18.0 Å². The highest BCUT2D eigenvalue weighted by Gasteiger charge is 2.39. The summed E-state index contributed by atoms with van der Waals surface area (Å²) in [6.07, 6.45) is 3.02. The molecule has 11 heteroatoms. The van der Waals surface area contributed by atoms with Gasteiger partial charge in [0, 0.05) is 54.6 Å². The number of amides is 2. The van der Waals surface area contributed by atoms with Gasteiger partial charge in [-0.1, -0.05) is 6.07 Å². The first-order valence-electron chi connectivity index (χ1n) is 11.8. The molecule has 8 nitrogen and oxygen atoms in total. The molecule has 1 aromatic carbocycles. The van der Waals surface area contributed by atoms with Crippen molar-refractivity contribution in [3.05, 3.63) is 78.0 Å². The summed E-state index contributed by atoms with van der Waals surface area (Å²) < 4.78 is 40.9. The van der Waals surface area contributed by atoms with Crippen molar-refractivity contribution in [1.82, 2.24) is 19.7 Å². The molecule has 1 fully saturated rings. The van der Waals surface area contributed by atoms with E-state index in [2.05, 4.69) is 25.7 Å². The van der Waals surface area contributed by atoms with Crippen LogP contribution in [0.15, 0.2) is 61.2 Å². The van der Waals surface area contributed by atoms with Gasteiger partial charge in [0.15, 0.2) is 5.69 Å². The number of alkyl halides is 3. The Morgan fingerprint density at radius 2 is 1.76 bits per heavy atom. The molecule has 2 amide bonds. The molecule has 1 aliphatic rings. The lowest BCUT2D eigenvalue weighted by molar-refractivity contribution is -0.141. The number of rotatable bonds is 6. The molecule has 0 aliphatic heterocycles. The van der Waals surface area contributed by atoms with Gasteiger partial charge >= 0.3 is 6.18 Å². The van der Waals surface area contributed by atoms with E-state index in [9.17, 15) is 22.8 Å². The van der Waals surface area contributed by atoms with Gasteiger partial charge in [0.05, 0.1) is 5.56 Å². The number of nitrogens with one attached hydrogen (secondary N) is 2. The summed E-state index contributed by atoms with van der Waals surface area (Å²) in [5.41, 5.74) is 2.48. The Labute approximate surface area is 215 Å². The molecule has 5 rings (SSSR count). The zero-order valence-corrected chi connectivity index (χ0v) is 20.5. The average Bonchev–Trinajstić information content (AvgIpc) is 3.66. The maximum atomic E-state index is 13.3. The van der Waals surface area contributed by atoms with Crippen molar-refractivity contribution in [2.75, 3.05) is 10.6 Å². The Bertz CT molecular complexity index is 1540. The number of anilines is 2. The maximum absolute atomic E-state index is 13.3. The highest BCUT2D eigenvalue weighted by Crippen LogP contribution is 2.33. The van der Waals surface area contributed by atoms with Gasteiger partial charge in [-0.3, -0.25) is 19.3 Å². The van der Waals surface area contributed by atoms with Crippen LogP contribution in [0.1, 0.15) is 34.5 Å². The van der Waals surface area contributed by atoms with Crippen LogP contribution in [0.25, 0.3) is 22.3 Å². The lowest BCUT2D eigenvalue weighted by Gasteiger charge is -2.12. The highest BCUT2D eigenvalue weighted by molar-refractivity contribution is 6.05. The molecule has 0 atom stereocenters. The molecule has 4 aromatic rings. The van der Waals surface area contributed by atoms with Crippen molar-refractivity contribution in [2.45, 2.75) is 25.9 Å². The summed E-state index contributed by atoms with van der Waals surface area (Å²) in [4.78, 5) is 33.4. The number of benzene rings is 1. The number of nitrogens with zero attached hydrogens (tertiary/aromatic N) is 4. The van der Waals surface area contributed by atoms with Gasteiger partial charge in [-0.05, 0) is 66.8 Å². The molecule has 38 heavy (non-hydrogen) atoms. The molecule has 0 unspecified atom stereocenters. The van der Waals surface area contributed by atoms with Crippen LogP contribution < -0.4 is 10.6 Å². The van der Waals surface area contributed by atoms with Crippen LogP contribution in [0.2, 0.25) is 0 Å². The molecule has 3 heterocycles. The number of hydrogen-bond donors (Lipinski definition) is 2. The Balaban J connectivity index is 1.41. The molecule has 0 radical (unpaired) electrons. The number of hydrogen-bond acceptors (Lipinski definition) is 5. The van der Waals surface area contributed by atoms with Gasteiger partial charge in [0.2, 0.25) is 5.91 Å². The summed E-state index contributed by atoms with van der Waals surface area (Å²) in [5, 5.41) is 8.77. The molecule has 3 aromatic heterocycles. The van der Waals surface area contributed by atoms with E-state index in [1.54, 1.807) is 42.9 Å². The van der Waals surface area contributed by atoms with Crippen LogP contribution >= 0.6 is 0 Å². The first-order valence-corrected chi connectivity index (χ1v) is 11.8. The Morgan fingerprint density at radius 3 is 2.50 bits per heavy atom. The number of pyridine rings is 2. The second-order valence-electron chi connectivity index (χ2n) is 9.20. The number of halogens is 3. The maximum Gasteiger partial charge on any atom is 0.435 e. The van der Waals surface area contributed by atoms with Crippen molar-refractivity contribution in [3.8, 4) is 22.3 Å². The summed E-state index contributed by atoms with van der Waals surface area (Å²) in [7, 11) is 1.32. The van der Waals surface area contributed by atoms with Crippen molar-refractivity contribution in [1.29, 1.82) is 0 Å². The van der Waals surface area contributed by atoms with E-state index in [0.717, 1.165) is 51.5 Å². The van der Waals surface area contributed by atoms with Crippen molar-refractivity contribution >= 4 is 23.3 Å². The van der Waals surface area contributed by atoms with Gasteiger partial charge < -0.3 is 10.6 Å². The molecule has 0 bridgehead atoms. The molecular formula is C27H23F3N6O2. The Kier molecular flexibility index (Phi) is 6.43. The third-order valence-corrected chi connectivity index (χ3v) is 6.18. The summed E-state index contributed by atoms with van der Waals surface area (Å²) >= 11 is 0. The van der Waals surface area contributed by atoms with Crippen molar-refractivity contribution in [2.24, 2.45) is 13.0 Å². The molecule has 0 spiro atoms. The van der Waals surface area contributed by atoms with E-state index in [4.69, 9.17) is 0 Å². The fourth-order valence-electron chi connectivity index (χ4n) is 4.07.